The van der Waals surface area contributed by atoms with Crippen molar-refractivity contribution >= 4 is 17.9 Å². The second-order valence-electron chi connectivity index (χ2n) is 12.0. The molecule has 2 unspecified atom stereocenters. The Labute approximate surface area is 233 Å². The summed E-state index contributed by atoms with van der Waals surface area (Å²) in [5.74, 6) is -0.577. The number of phenolic OH excluding ortho intramolecular Hbond substituents is 1. The first-order valence-corrected chi connectivity index (χ1v) is 13.6. The van der Waals surface area contributed by atoms with Crippen molar-refractivity contribution in [2.45, 2.75) is 97.9 Å². The lowest BCUT2D eigenvalue weighted by atomic mass is 9.95. The Bertz CT molecular complexity index is 1120. The predicted octanol–water partition coefficient (Wildman–Crippen LogP) is 5.42. The number of rotatable bonds is 10. The minimum Gasteiger partial charge on any atom is -0.508 e. The molecular formula is C31H45N3O5. The Morgan fingerprint density at radius 3 is 2.13 bits per heavy atom. The highest BCUT2D eigenvalue weighted by atomic mass is 16.6. The Morgan fingerprint density at radius 2 is 1.59 bits per heavy atom. The van der Waals surface area contributed by atoms with E-state index in [0.717, 1.165) is 23.1 Å². The zero-order valence-corrected chi connectivity index (χ0v) is 24.6. The Balaban J connectivity index is 2.58. The highest BCUT2D eigenvalue weighted by Gasteiger charge is 2.37. The van der Waals surface area contributed by atoms with Crippen molar-refractivity contribution in [1.29, 1.82) is 0 Å². The van der Waals surface area contributed by atoms with E-state index in [4.69, 9.17) is 4.74 Å². The molecule has 39 heavy (non-hydrogen) atoms. The van der Waals surface area contributed by atoms with Gasteiger partial charge < -0.3 is 25.4 Å². The van der Waals surface area contributed by atoms with E-state index in [1.807, 2.05) is 58.9 Å². The van der Waals surface area contributed by atoms with Crippen LogP contribution in [0.2, 0.25) is 0 Å². The summed E-state index contributed by atoms with van der Waals surface area (Å²) in [7, 11) is 0. The van der Waals surface area contributed by atoms with Gasteiger partial charge in [0.15, 0.2) is 0 Å². The van der Waals surface area contributed by atoms with Gasteiger partial charge in [-0.25, -0.2) is 4.79 Å². The van der Waals surface area contributed by atoms with Crippen molar-refractivity contribution in [3.05, 3.63) is 65.2 Å². The predicted molar refractivity (Wildman–Crippen MR) is 153 cm³/mol. The van der Waals surface area contributed by atoms with E-state index in [2.05, 4.69) is 10.6 Å². The monoisotopic (exact) mass is 539 g/mol. The highest BCUT2D eigenvalue weighted by Crippen LogP contribution is 2.27. The molecule has 2 aromatic carbocycles. The summed E-state index contributed by atoms with van der Waals surface area (Å²) in [6.07, 6.45) is 0.923. The maximum Gasteiger partial charge on any atom is 0.408 e. The summed E-state index contributed by atoms with van der Waals surface area (Å²) in [6.45, 7) is 15.2. The molecule has 3 N–H and O–H groups in total. The fourth-order valence-corrected chi connectivity index (χ4v) is 4.19. The number of nitrogens with one attached hydrogen (secondary N) is 2. The molecule has 0 aliphatic rings. The minimum absolute atomic E-state index is 0.102. The fourth-order valence-electron chi connectivity index (χ4n) is 4.19. The number of hydrogen-bond acceptors (Lipinski definition) is 5. The van der Waals surface area contributed by atoms with Crippen LogP contribution in [0.3, 0.4) is 0 Å². The van der Waals surface area contributed by atoms with Crippen LogP contribution in [0.15, 0.2) is 48.5 Å². The normalized spacial score (nSPS) is 13.2. The largest absolute Gasteiger partial charge is 0.508 e. The van der Waals surface area contributed by atoms with Crippen LogP contribution in [0, 0.1) is 6.92 Å². The first kappa shape index (κ1) is 31.7. The van der Waals surface area contributed by atoms with Crippen molar-refractivity contribution in [2.75, 3.05) is 6.54 Å². The lowest BCUT2D eigenvalue weighted by Crippen LogP contribution is -2.55. The van der Waals surface area contributed by atoms with Crippen LogP contribution >= 0.6 is 0 Å². The molecule has 0 bridgehead atoms. The fraction of sp³-hybridized carbons (Fsp3) is 0.516. The van der Waals surface area contributed by atoms with Crippen molar-refractivity contribution in [2.24, 2.45) is 0 Å². The number of ether oxygens (including phenoxy) is 1. The summed E-state index contributed by atoms with van der Waals surface area (Å²) in [6, 6.07) is 12.1. The van der Waals surface area contributed by atoms with Crippen LogP contribution in [0.1, 0.15) is 84.0 Å². The third-order valence-electron chi connectivity index (χ3n) is 5.94. The molecule has 214 valence electrons. The molecular weight excluding hydrogens is 494 g/mol. The summed E-state index contributed by atoms with van der Waals surface area (Å²) < 4.78 is 5.47. The Kier molecular flexibility index (Phi) is 11.0. The van der Waals surface area contributed by atoms with Gasteiger partial charge in [0, 0.05) is 18.5 Å². The molecule has 2 rings (SSSR count). The van der Waals surface area contributed by atoms with Crippen molar-refractivity contribution < 1.29 is 24.2 Å². The van der Waals surface area contributed by atoms with Crippen molar-refractivity contribution in [3.63, 3.8) is 0 Å². The minimum atomic E-state index is -1.00. The van der Waals surface area contributed by atoms with Gasteiger partial charge in [0.05, 0.1) is 0 Å². The van der Waals surface area contributed by atoms with Crippen LogP contribution < -0.4 is 10.6 Å². The molecule has 0 aliphatic heterocycles. The molecule has 2 aromatic rings. The third-order valence-corrected chi connectivity index (χ3v) is 5.94. The summed E-state index contributed by atoms with van der Waals surface area (Å²) in [5.41, 5.74) is 1.08. The molecule has 3 amide bonds. The van der Waals surface area contributed by atoms with Gasteiger partial charge in [0.1, 0.15) is 23.4 Å². The van der Waals surface area contributed by atoms with Gasteiger partial charge in [-0.15, -0.1) is 0 Å². The van der Waals surface area contributed by atoms with Crippen molar-refractivity contribution in [3.8, 4) is 5.75 Å². The maximum atomic E-state index is 14.3. The number of benzene rings is 2. The number of unbranched alkanes of at least 4 members (excludes halogenated alkanes) is 1. The number of aryl methyl sites for hydroxylation is 1. The first-order valence-electron chi connectivity index (χ1n) is 13.6. The number of amides is 3. The average molecular weight is 540 g/mol. The van der Waals surface area contributed by atoms with E-state index in [0.29, 0.717) is 13.0 Å². The molecule has 2 atom stereocenters. The second kappa shape index (κ2) is 13.5. The molecule has 0 spiro atoms. The highest BCUT2D eigenvalue weighted by molar-refractivity contribution is 5.92. The quantitative estimate of drug-likeness (QED) is 0.374. The Hall–Kier alpha value is -3.55. The van der Waals surface area contributed by atoms with Crippen LogP contribution in [0.25, 0.3) is 0 Å². The van der Waals surface area contributed by atoms with Crippen LogP contribution in [-0.2, 0) is 20.7 Å². The Morgan fingerprint density at radius 1 is 0.974 bits per heavy atom. The van der Waals surface area contributed by atoms with E-state index >= 15 is 0 Å². The molecule has 0 radical (unpaired) electrons. The van der Waals surface area contributed by atoms with E-state index in [1.165, 1.54) is 12.1 Å². The number of nitrogens with zero attached hydrogens (tertiary/aromatic N) is 1. The smallest absolute Gasteiger partial charge is 0.408 e. The number of phenols is 1. The van der Waals surface area contributed by atoms with Crippen LogP contribution in [0.4, 0.5) is 4.79 Å². The SMILES string of the molecule is CCCCN(C(=O)C(Cc1ccc(O)cc1)NC(=O)OC(C)(C)C)C(C(=O)NC(C)(C)C)c1ccccc1C. The van der Waals surface area contributed by atoms with Crippen LogP contribution in [-0.4, -0.2) is 51.6 Å². The lowest BCUT2D eigenvalue weighted by molar-refractivity contribution is -0.143. The number of carbonyl (C=O) groups excluding carboxylic acids is 3. The molecule has 8 heteroatoms. The topological polar surface area (TPSA) is 108 Å². The molecule has 0 aliphatic carbocycles. The summed E-state index contributed by atoms with van der Waals surface area (Å²) >= 11 is 0. The second-order valence-corrected chi connectivity index (χ2v) is 12.0. The van der Waals surface area contributed by atoms with Crippen molar-refractivity contribution in [1.82, 2.24) is 15.5 Å². The lowest BCUT2D eigenvalue weighted by Gasteiger charge is -2.36. The van der Waals surface area contributed by atoms with Gasteiger partial charge in [-0.2, -0.15) is 0 Å². The number of aromatic hydroxyl groups is 1. The van der Waals surface area contributed by atoms with Gasteiger partial charge >= 0.3 is 6.09 Å². The maximum absolute atomic E-state index is 14.3. The van der Waals surface area contributed by atoms with Gasteiger partial charge in [-0.3, -0.25) is 9.59 Å². The number of hydrogen-bond donors (Lipinski definition) is 3. The molecule has 8 nitrogen and oxygen atoms in total. The summed E-state index contributed by atoms with van der Waals surface area (Å²) in [5, 5.41) is 15.5. The first-order chi connectivity index (χ1) is 18.1. The van der Waals surface area contributed by atoms with Gasteiger partial charge in [0.25, 0.3) is 0 Å². The molecule has 0 aromatic heterocycles. The zero-order chi connectivity index (χ0) is 29.4. The average Bonchev–Trinajstić information content (AvgIpc) is 2.80. The molecule has 0 saturated carbocycles. The number of alkyl carbamates (subject to hydrolysis) is 1. The molecule has 0 heterocycles. The molecule has 0 fully saturated rings. The van der Waals surface area contributed by atoms with Crippen LogP contribution in [0.5, 0.6) is 5.75 Å². The van der Waals surface area contributed by atoms with Gasteiger partial charge in [-0.1, -0.05) is 49.7 Å². The van der Waals surface area contributed by atoms with Gasteiger partial charge in [-0.05, 0) is 83.7 Å². The van der Waals surface area contributed by atoms with E-state index in [9.17, 15) is 19.5 Å². The summed E-state index contributed by atoms with van der Waals surface area (Å²) in [4.78, 5) is 42.6. The van der Waals surface area contributed by atoms with E-state index in [1.54, 1.807) is 37.8 Å². The van der Waals surface area contributed by atoms with E-state index < -0.39 is 29.3 Å². The molecule has 0 saturated heterocycles. The zero-order valence-electron chi connectivity index (χ0n) is 24.6. The third kappa shape index (κ3) is 10.3. The number of carbonyl (C=O) groups is 3. The van der Waals surface area contributed by atoms with Gasteiger partial charge in [0.2, 0.25) is 11.8 Å². The standard InChI is InChI=1S/C31H45N3O5/c1-9-10-19-34(26(27(36)33-30(3,4)5)24-14-12-11-13-21(24)2)28(37)25(32-29(38)39-31(6,7)8)20-22-15-17-23(35)18-16-22/h11-18,25-26,35H,9-10,19-20H2,1-8H3,(H,32,38)(H,33,36). The van der Waals surface area contributed by atoms with E-state index in [-0.39, 0.29) is 24.0 Å².